The monoisotopic (exact) mass is 1050 g/mol. The zero-order chi connectivity index (χ0) is 50.8. The number of aromatic nitrogens is 4. The summed E-state index contributed by atoms with van der Waals surface area (Å²) in [5, 5.41) is 1.32. The van der Waals surface area contributed by atoms with E-state index in [1.807, 2.05) is 120 Å². The molecule has 0 bridgehead atoms. The SMILES string of the molecule is C.C.CC(C)(C)OC(=O)N1CCC(C2c3ccc(Cl)cc3C=C(COS(C)(=O)=O)c3cccnc32)CC1.Cc1nccn1CC1=Cc2cc(Cl)ccc2C(C2CCN(C(=O)OC(C)(C)C)CC2)c2ncccc21. The van der Waals surface area contributed by atoms with Gasteiger partial charge in [0.05, 0.1) is 24.3 Å². The number of carbonyl (C=O) groups excluding carboxylic acids is 2. The number of likely N-dealkylation sites (tertiary alicyclic amines) is 2. The first kappa shape index (κ1) is 56.8. The molecule has 73 heavy (non-hydrogen) atoms. The van der Waals surface area contributed by atoms with Gasteiger partial charge in [-0.25, -0.2) is 14.6 Å². The zero-order valence-electron chi connectivity index (χ0n) is 41.8. The fourth-order valence-corrected chi connectivity index (χ4v) is 10.9. The van der Waals surface area contributed by atoms with Gasteiger partial charge in [-0.2, -0.15) is 8.42 Å². The molecule has 4 aliphatic rings. The highest BCUT2D eigenvalue weighted by Crippen LogP contribution is 2.47. The number of allylic oxidation sites excluding steroid dienone is 1. The highest BCUT2D eigenvalue weighted by atomic mass is 35.5. The first-order chi connectivity index (χ1) is 33.6. The molecular formula is C57H72Cl2N6O7S. The number of benzene rings is 2. The highest BCUT2D eigenvalue weighted by molar-refractivity contribution is 7.86. The molecule has 0 spiro atoms. The van der Waals surface area contributed by atoms with E-state index in [1.165, 1.54) is 11.1 Å². The van der Waals surface area contributed by atoms with Crippen molar-refractivity contribution in [3.8, 4) is 0 Å². The van der Waals surface area contributed by atoms with Crippen LogP contribution in [0.1, 0.15) is 145 Å². The van der Waals surface area contributed by atoms with Gasteiger partial charge in [0.1, 0.15) is 17.0 Å². The number of fused-ring (bicyclic) bond motifs is 4. The third kappa shape index (κ3) is 14.0. The summed E-state index contributed by atoms with van der Waals surface area (Å²) in [6.07, 6.45) is 15.6. The number of nitrogens with zero attached hydrogens (tertiary/aromatic N) is 6. The van der Waals surface area contributed by atoms with Gasteiger partial charge in [-0.05, 0) is 168 Å². The molecule has 13 nitrogen and oxygen atoms in total. The number of hydrogen-bond donors (Lipinski definition) is 0. The number of aryl methyl sites for hydroxylation is 1. The third-order valence-electron chi connectivity index (χ3n) is 13.4. The van der Waals surface area contributed by atoms with Crippen LogP contribution in [0.4, 0.5) is 9.59 Å². The minimum atomic E-state index is -3.62. The van der Waals surface area contributed by atoms with E-state index in [-0.39, 0.29) is 51.4 Å². The smallest absolute Gasteiger partial charge is 0.410 e. The lowest BCUT2D eigenvalue weighted by molar-refractivity contribution is 0.0167. The summed E-state index contributed by atoms with van der Waals surface area (Å²) in [4.78, 5) is 43.0. The van der Waals surface area contributed by atoms with Crippen LogP contribution < -0.4 is 0 Å². The summed E-state index contributed by atoms with van der Waals surface area (Å²) < 4.78 is 42.0. The second-order valence-electron chi connectivity index (χ2n) is 20.9. The number of imidazole rings is 1. The molecular weight excluding hydrogens is 984 g/mol. The molecule has 0 saturated carbocycles. The number of ether oxygens (including phenoxy) is 2. The zero-order valence-corrected chi connectivity index (χ0v) is 44.2. The largest absolute Gasteiger partial charge is 0.444 e. The topological polar surface area (TPSA) is 146 Å². The lowest BCUT2D eigenvalue weighted by atomic mass is 9.76. The van der Waals surface area contributed by atoms with Crippen molar-refractivity contribution in [2.75, 3.05) is 39.0 Å². The molecule has 0 N–H and O–H groups in total. The molecule has 2 saturated heterocycles. The number of pyridine rings is 2. The predicted molar refractivity (Wildman–Crippen MR) is 293 cm³/mol. The first-order valence-corrected chi connectivity index (χ1v) is 26.9. The van der Waals surface area contributed by atoms with Crippen molar-refractivity contribution < 1.29 is 31.7 Å². The van der Waals surface area contributed by atoms with Gasteiger partial charge < -0.3 is 23.8 Å². The van der Waals surface area contributed by atoms with Crippen molar-refractivity contribution in [1.29, 1.82) is 0 Å². The van der Waals surface area contributed by atoms with Crippen molar-refractivity contribution >= 4 is 68.8 Å². The Kier molecular flexibility index (Phi) is 18.1. The molecule has 16 heteroatoms. The molecule has 2 atom stereocenters. The number of hydrogen-bond acceptors (Lipinski definition) is 10. The molecule has 2 unspecified atom stereocenters. The van der Waals surface area contributed by atoms with E-state index < -0.39 is 21.3 Å². The average Bonchev–Trinajstić information content (AvgIpc) is 3.58. The molecule has 5 heterocycles. The predicted octanol–water partition coefficient (Wildman–Crippen LogP) is 13.2. The number of piperidine rings is 2. The van der Waals surface area contributed by atoms with Crippen molar-refractivity contribution in [3.05, 3.63) is 146 Å². The van der Waals surface area contributed by atoms with E-state index in [0.717, 1.165) is 87.6 Å². The molecule has 2 aromatic carbocycles. The fraction of sp³-hybridized carbons (Fsp3) is 0.456. The van der Waals surface area contributed by atoms with Gasteiger partial charge in [0.25, 0.3) is 10.1 Å². The summed E-state index contributed by atoms with van der Waals surface area (Å²) >= 11 is 12.8. The van der Waals surface area contributed by atoms with Crippen LogP contribution in [-0.2, 0) is 30.3 Å². The van der Waals surface area contributed by atoms with Crippen LogP contribution in [0, 0.1) is 18.8 Å². The number of halogens is 2. The minimum Gasteiger partial charge on any atom is -0.444 e. The molecule has 9 rings (SSSR count). The molecule has 2 aliphatic carbocycles. The van der Waals surface area contributed by atoms with E-state index in [0.29, 0.717) is 43.7 Å². The number of rotatable bonds is 7. The van der Waals surface area contributed by atoms with Crippen molar-refractivity contribution in [2.24, 2.45) is 11.8 Å². The minimum absolute atomic E-state index is 0. The van der Waals surface area contributed by atoms with Crippen LogP contribution in [0.15, 0.2) is 85.5 Å². The number of amides is 2. The average molecular weight is 1060 g/mol. The third-order valence-corrected chi connectivity index (χ3v) is 14.4. The molecule has 5 aromatic rings. The normalized spacial score (nSPS) is 18.0. The maximum atomic E-state index is 12.7. The lowest BCUT2D eigenvalue weighted by Crippen LogP contribution is -2.42. The van der Waals surface area contributed by atoms with Gasteiger partial charge in [0, 0.05) is 90.5 Å². The van der Waals surface area contributed by atoms with Gasteiger partial charge in [-0.15, -0.1) is 0 Å². The summed E-state index contributed by atoms with van der Waals surface area (Å²) in [6, 6.07) is 20.0. The second kappa shape index (κ2) is 23.3. The Morgan fingerprint density at radius 3 is 1.51 bits per heavy atom. The van der Waals surface area contributed by atoms with Crippen molar-refractivity contribution in [2.45, 2.75) is 119 Å². The van der Waals surface area contributed by atoms with Crippen LogP contribution in [0.2, 0.25) is 10.0 Å². The Hall–Kier alpha value is -5.54. The Morgan fingerprint density at radius 2 is 1.10 bits per heavy atom. The summed E-state index contributed by atoms with van der Waals surface area (Å²) in [6.45, 7) is 16.5. The summed E-state index contributed by atoms with van der Waals surface area (Å²) in [5.74, 6) is 1.63. The summed E-state index contributed by atoms with van der Waals surface area (Å²) in [7, 11) is -3.62. The van der Waals surface area contributed by atoms with E-state index in [9.17, 15) is 18.0 Å². The van der Waals surface area contributed by atoms with Crippen LogP contribution in [0.5, 0.6) is 0 Å². The molecule has 2 fully saturated rings. The Morgan fingerprint density at radius 1 is 0.658 bits per heavy atom. The van der Waals surface area contributed by atoms with Crippen molar-refractivity contribution in [1.82, 2.24) is 29.3 Å². The Labute approximate surface area is 443 Å². The fourth-order valence-electron chi connectivity index (χ4n) is 10.2. The standard InChI is InChI=1S/C29H33ClN4O2.C26H31ClN2O5S.2CH4/c1-19-31-12-15-34(19)18-22-16-21-17-23(30)7-8-24(21)26(27-25(22)6-5-11-32-27)20-9-13-33(14-10-20)28(35)36-29(2,3)4;1-26(2,3)34-25(30)29-12-9-17(10-13-29)23-21-8-7-20(27)15-18(21)14-19(16-33-35(4,31)32)22-6-5-11-28-24(22)23;;/h5-8,11-12,15-17,20,26H,9-10,13-14,18H2,1-4H3;5-8,11,14-15,17,23H,9-10,12-13,16H2,1-4H3;2*1H4. The van der Waals surface area contributed by atoms with Gasteiger partial charge in [-0.3, -0.25) is 14.2 Å². The van der Waals surface area contributed by atoms with Crippen LogP contribution in [-0.4, -0.2) is 100 Å². The molecule has 3 aromatic heterocycles. The van der Waals surface area contributed by atoms with E-state index in [2.05, 4.69) is 33.8 Å². The molecule has 2 aliphatic heterocycles. The maximum absolute atomic E-state index is 12.7. The summed E-state index contributed by atoms with van der Waals surface area (Å²) in [5.41, 5.74) is 9.28. The van der Waals surface area contributed by atoms with Gasteiger partial charge in [0.2, 0.25) is 0 Å². The maximum Gasteiger partial charge on any atom is 0.410 e. The number of carbonyl (C=O) groups is 2. The lowest BCUT2D eigenvalue weighted by Gasteiger charge is -2.37. The first-order valence-electron chi connectivity index (χ1n) is 24.3. The Balaban J connectivity index is 0.000000232. The Bertz CT molecular complexity index is 2940. The van der Waals surface area contributed by atoms with Crippen LogP contribution >= 0.6 is 23.2 Å². The quantitative estimate of drug-likeness (QED) is 0.144. The van der Waals surface area contributed by atoms with E-state index >= 15 is 0 Å². The van der Waals surface area contributed by atoms with Crippen LogP contribution in [0.3, 0.4) is 0 Å². The molecule has 2 amide bonds. The molecule has 392 valence electrons. The molecule has 0 radical (unpaired) electrons. The highest BCUT2D eigenvalue weighted by Gasteiger charge is 2.38. The van der Waals surface area contributed by atoms with Gasteiger partial charge in [-0.1, -0.05) is 62.3 Å². The van der Waals surface area contributed by atoms with Gasteiger partial charge in [0.15, 0.2) is 0 Å². The van der Waals surface area contributed by atoms with Crippen LogP contribution in [0.25, 0.3) is 23.3 Å². The van der Waals surface area contributed by atoms with E-state index in [4.69, 9.17) is 46.8 Å². The van der Waals surface area contributed by atoms with Crippen molar-refractivity contribution in [3.63, 3.8) is 0 Å². The van der Waals surface area contributed by atoms with Gasteiger partial charge >= 0.3 is 12.2 Å². The van der Waals surface area contributed by atoms with E-state index in [1.54, 1.807) is 11.1 Å². The second-order valence-corrected chi connectivity index (χ2v) is 23.4.